The molecule has 2 fully saturated rings. The number of nitro groups is 1. The van der Waals surface area contributed by atoms with Gasteiger partial charge in [0.15, 0.2) is 5.60 Å². The highest BCUT2D eigenvalue weighted by atomic mass is 32.1. The molecule has 1 unspecified atom stereocenters. The first-order chi connectivity index (χ1) is 18.9. The minimum absolute atomic E-state index is 0.179. The lowest BCUT2D eigenvalue weighted by atomic mass is 9.72. The van der Waals surface area contributed by atoms with E-state index in [4.69, 9.17) is 14.2 Å². The van der Waals surface area contributed by atoms with Crippen molar-refractivity contribution in [2.24, 2.45) is 5.92 Å². The summed E-state index contributed by atoms with van der Waals surface area (Å²) in [5, 5.41) is 31.6. The molecule has 1 N–H and O–H groups in total. The molecule has 0 saturated carbocycles. The van der Waals surface area contributed by atoms with Crippen LogP contribution < -0.4 is 9.64 Å². The zero-order chi connectivity index (χ0) is 27.4. The Balaban J connectivity index is 1.81. The fourth-order valence-corrected chi connectivity index (χ4v) is 6.18. The molecule has 2 saturated heterocycles. The van der Waals surface area contributed by atoms with E-state index in [1.54, 1.807) is 36.5 Å². The van der Waals surface area contributed by atoms with Crippen LogP contribution in [0.4, 0.5) is 10.7 Å². The summed E-state index contributed by atoms with van der Waals surface area (Å²) in [6, 6.07) is 14.0. The van der Waals surface area contributed by atoms with Gasteiger partial charge < -0.3 is 24.2 Å². The predicted octanol–water partition coefficient (Wildman–Crippen LogP) is 4.21. The number of carbonyl (C=O) groups is 1. The highest BCUT2D eigenvalue weighted by Gasteiger charge is 2.50. The number of hydrogen-bond donors (Lipinski definition) is 1. The van der Waals surface area contributed by atoms with E-state index < -0.39 is 16.5 Å². The molecule has 0 amide bonds. The number of anilines is 1. The normalized spacial score (nSPS) is 17.7. The Kier molecular flexibility index (Phi) is 7.74. The number of carboxylic acid groups (broad SMARTS) is 1. The molecule has 0 bridgehead atoms. The summed E-state index contributed by atoms with van der Waals surface area (Å²) in [4.78, 5) is 30.0. The van der Waals surface area contributed by atoms with Crippen molar-refractivity contribution in [3.05, 3.63) is 80.3 Å². The van der Waals surface area contributed by atoms with Crippen LogP contribution in [-0.4, -0.2) is 60.5 Å². The van der Waals surface area contributed by atoms with Gasteiger partial charge in [-0.05, 0) is 31.0 Å². The van der Waals surface area contributed by atoms with Gasteiger partial charge >= 0.3 is 11.0 Å². The molecule has 0 spiro atoms. The van der Waals surface area contributed by atoms with Gasteiger partial charge in [-0.2, -0.15) is 5.26 Å². The molecule has 2 aliphatic heterocycles. The summed E-state index contributed by atoms with van der Waals surface area (Å²) in [5.41, 5.74) is 0.416. The molecular weight excluding hydrogens is 524 g/mol. The monoisotopic (exact) mass is 550 g/mol. The Morgan fingerprint density at radius 3 is 2.56 bits per heavy atom. The average molecular weight is 551 g/mol. The number of aromatic nitrogens is 1. The summed E-state index contributed by atoms with van der Waals surface area (Å²) in [5.74, 6) is -1.36. The molecule has 5 rings (SSSR count). The van der Waals surface area contributed by atoms with Crippen LogP contribution in [0.15, 0.2) is 48.7 Å². The number of morpholine rings is 1. The predicted molar refractivity (Wildman–Crippen MR) is 141 cm³/mol. The Labute approximate surface area is 228 Å². The second-order valence-corrected chi connectivity index (χ2v) is 10.3. The van der Waals surface area contributed by atoms with Crippen LogP contribution in [0.1, 0.15) is 39.2 Å². The minimum atomic E-state index is -1.47. The standard InChI is InChI=1S/C27H26N4O7S/c28-17-18-4-5-20(15-22(18)30-9-13-37-14-10-30)27(19-6-11-36-12-7-19,38-23-3-1-2-8-29-23)21-16-24(31(34)35)39-25(21)26(32)33/h1-5,8,15-16,19H,6-7,9-14H2,(H,32,33). The Morgan fingerprint density at radius 2 is 1.92 bits per heavy atom. The van der Waals surface area contributed by atoms with Crippen LogP contribution in [0.5, 0.6) is 5.88 Å². The third-order valence-electron chi connectivity index (χ3n) is 7.09. The van der Waals surface area contributed by atoms with Crippen molar-refractivity contribution >= 4 is 28.0 Å². The first kappa shape index (κ1) is 26.6. The van der Waals surface area contributed by atoms with Crippen molar-refractivity contribution in [2.45, 2.75) is 18.4 Å². The van der Waals surface area contributed by atoms with Crippen molar-refractivity contribution in [3.63, 3.8) is 0 Å². The Hall–Kier alpha value is -4.05. The molecule has 39 heavy (non-hydrogen) atoms. The van der Waals surface area contributed by atoms with Crippen molar-refractivity contribution in [3.8, 4) is 11.9 Å². The fourth-order valence-electron chi connectivity index (χ4n) is 5.31. The topological polar surface area (TPSA) is 148 Å². The number of pyridine rings is 1. The lowest BCUT2D eigenvalue weighted by Crippen LogP contribution is -2.46. The minimum Gasteiger partial charge on any atom is -0.477 e. The van der Waals surface area contributed by atoms with Gasteiger partial charge in [0, 0.05) is 61.7 Å². The van der Waals surface area contributed by atoms with E-state index in [1.807, 2.05) is 6.07 Å². The highest BCUT2D eigenvalue weighted by Crippen LogP contribution is 2.50. The van der Waals surface area contributed by atoms with Gasteiger partial charge in [-0.25, -0.2) is 9.78 Å². The summed E-state index contributed by atoms with van der Waals surface area (Å²) < 4.78 is 17.9. The molecular formula is C27H26N4O7S. The van der Waals surface area contributed by atoms with E-state index in [2.05, 4.69) is 16.0 Å². The van der Waals surface area contributed by atoms with Gasteiger partial charge in [0.05, 0.1) is 29.4 Å². The largest absolute Gasteiger partial charge is 0.477 e. The van der Waals surface area contributed by atoms with Crippen molar-refractivity contribution in [2.75, 3.05) is 44.4 Å². The van der Waals surface area contributed by atoms with Gasteiger partial charge in [-0.15, -0.1) is 0 Å². The summed E-state index contributed by atoms with van der Waals surface area (Å²) >= 11 is 0.602. The number of carboxylic acids is 1. The molecule has 12 heteroatoms. The maximum absolute atomic E-state index is 12.5. The smallest absolute Gasteiger partial charge is 0.346 e. The second kappa shape index (κ2) is 11.4. The Bertz CT molecular complexity index is 1390. The molecule has 3 aromatic rings. The van der Waals surface area contributed by atoms with E-state index in [1.165, 1.54) is 6.07 Å². The molecule has 202 valence electrons. The molecule has 0 radical (unpaired) electrons. The van der Waals surface area contributed by atoms with E-state index in [0.29, 0.717) is 80.5 Å². The molecule has 4 heterocycles. The van der Waals surface area contributed by atoms with Crippen LogP contribution in [0.25, 0.3) is 0 Å². The first-order valence-electron chi connectivity index (χ1n) is 12.5. The maximum Gasteiger partial charge on any atom is 0.346 e. The van der Waals surface area contributed by atoms with Crippen molar-refractivity contribution < 1.29 is 29.0 Å². The lowest BCUT2D eigenvalue weighted by molar-refractivity contribution is -0.380. The molecule has 2 aromatic heterocycles. The summed E-state index contributed by atoms with van der Waals surface area (Å²) in [7, 11) is 0. The van der Waals surface area contributed by atoms with Crippen LogP contribution in [0.3, 0.4) is 0 Å². The van der Waals surface area contributed by atoms with Gasteiger partial charge in [0.25, 0.3) is 0 Å². The number of aromatic carboxylic acids is 1. The van der Waals surface area contributed by atoms with Crippen LogP contribution in [0.2, 0.25) is 0 Å². The van der Waals surface area contributed by atoms with Crippen molar-refractivity contribution in [1.82, 2.24) is 4.98 Å². The van der Waals surface area contributed by atoms with E-state index in [-0.39, 0.29) is 27.2 Å². The third kappa shape index (κ3) is 5.16. The SMILES string of the molecule is N#Cc1ccc(C(Oc2ccccn2)(c2cc([N+](=O)[O-])sc2C(=O)O)C2CCOCC2)cc1N1CCOCC1. The van der Waals surface area contributed by atoms with Gasteiger partial charge in [-0.3, -0.25) is 10.1 Å². The average Bonchev–Trinajstić information content (AvgIpc) is 3.44. The maximum atomic E-state index is 12.5. The van der Waals surface area contributed by atoms with Crippen LogP contribution in [0, 0.1) is 27.4 Å². The number of thiophene rings is 1. The summed E-state index contributed by atoms with van der Waals surface area (Å²) in [6.45, 7) is 3.00. The molecule has 0 aliphatic carbocycles. The second-order valence-electron chi connectivity index (χ2n) is 9.23. The molecule has 1 aromatic carbocycles. The zero-order valence-corrected chi connectivity index (χ0v) is 21.8. The van der Waals surface area contributed by atoms with E-state index in [9.17, 15) is 25.3 Å². The van der Waals surface area contributed by atoms with Crippen molar-refractivity contribution in [1.29, 1.82) is 5.26 Å². The number of rotatable bonds is 8. The highest BCUT2D eigenvalue weighted by molar-refractivity contribution is 7.17. The zero-order valence-electron chi connectivity index (χ0n) is 20.9. The molecule has 1 atom stereocenters. The number of nitrogens with zero attached hydrogens (tertiary/aromatic N) is 4. The number of benzene rings is 1. The number of hydrogen-bond acceptors (Lipinski definition) is 10. The van der Waals surface area contributed by atoms with Crippen LogP contribution in [-0.2, 0) is 15.1 Å². The Morgan fingerprint density at radius 1 is 1.18 bits per heavy atom. The number of ether oxygens (including phenoxy) is 3. The third-order valence-corrected chi connectivity index (χ3v) is 8.17. The summed E-state index contributed by atoms with van der Waals surface area (Å²) in [6.07, 6.45) is 2.60. The quantitative estimate of drug-likeness (QED) is 0.319. The van der Waals surface area contributed by atoms with Gasteiger partial charge in [-0.1, -0.05) is 23.5 Å². The fraction of sp³-hybridized carbons (Fsp3) is 0.370. The molecule has 11 nitrogen and oxygen atoms in total. The van der Waals surface area contributed by atoms with Crippen LogP contribution >= 0.6 is 11.3 Å². The van der Waals surface area contributed by atoms with E-state index in [0.717, 1.165) is 0 Å². The number of nitriles is 1. The first-order valence-corrected chi connectivity index (χ1v) is 13.3. The molecule has 2 aliphatic rings. The van der Waals surface area contributed by atoms with E-state index >= 15 is 0 Å². The lowest BCUT2D eigenvalue weighted by Gasteiger charge is -2.43. The van der Waals surface area contributed by atoms with Gasteiger partial charge in [0.2, 0.25) is 5.88 Å². The van der Waals surface area contributed by atoms with Gasteiger partial charge in [0.1, 0.15) is 10.9 Å².